The number of hydrogen-bond acceptors (Lipinski definition) is 3. The van der Waals surface area contributed by atoms with Crippen molar-refractivity contribution in [2.24, 2.45) is 5.92 Å². The van der Waals surface area contributed by atoms with Crippen LogP contribution in [0.25, 0.3) is 0 Å². The number of amides is 1. The van der Waals surface area contributed by atoms with E-state index in [0.717, 1.165) is 18.4 Å². The van der Waals surface area contributed by atoms with Gasteiger partial charge in [-0.2, -0.15) is 0 Å². The van der Waals surface area contributed by atoms with Crippen LogP contribution in [0.15, 0.2) is 18.2 Å². The van der Waals surface area contributed by atoms with E-state index in [0.29, 0.717) is 24.2 Å². The van der Waals surface area contributed by atoms with Crippen molar-refractivity contribution in [1.29, 1.82) is 0 Å². The molecule has 0 aromatic heterocycles. The first kappa shape index (κ1) is 16.3. The highest BCUT2D eigenvalue weighted by atomic mass is 16.5. The molecule has 0 heterocycles. The molecule has 2 rings (SSSR count). The van der Waals surface area contributed by atoms with Gasteiger partial charge in [0, 0.05) is 5.56 Å². The molecule has 1 aliphatic rings. The van der Waals surface area contributed by atoms with Crippen LogP contribution in [0.4, 0.5) is 0 Å². The molecule has 1 aromatic carbocycles. The van der Waals surface area contributed by atoms with Gasteiger partial charge in [-0.05, 0) is 50.5 Å². The third kappa shape index (κ3) is 3.24. The van der Waals surface area contributed by atoms with Crippen LogP contribution < -0.4 is 10.1 Å². The quantitative estimate of drug-likeness (QED) is 0.897. The van der Waals surface area contributed by atoms with Gasteiger partial charge in [0.15, 0.2) is 0 Å². The van der Waals surface area contributed by atoms with Crippen molar-refractivity contribution in [3.05, 3.63) is 29.3 Å². The van der Waals surface area contributed by atoms with E-state index in [-0.39, 0.29) is 5.91 Å². The van der Waals surface area contributed by atoms with Crippen molar-refractivity contribution >= 4 is 11.9 Å². The molecule has 1 fully saturated rings. The summed E-state index contributed by atoms with van der Waals surface area (Å²) in [5.41, 5.74) is 0.660. The van der Waals surface area contributed by atoms with Crippen molar-refractivity contribution in [3.8, 4) is 5.75 Å². The van der Waals surface area contributed by atoms with Gasteiger partial charge >= 0.3 is 5.97 Å². The summed E-state index contributed by atoms with van der Waals surface area (Å²) < 4.78 is 5.14. The zero-order valence-corrected chi connectivity index (χ0v) is 13.3. The van der Waals surface area contributed by atoms with Crippen molar-refractivity contribution in [2.45, 2.75) is 45.1 Å². The highest BCUT2D eigenvalue weighted by Crippen LogP contribution is 2.34. The van der Waals surface area contributed by atoms with E-state index in [1.807, 2.05) is 13.8 Å². The Morgan fingerprint density at radius 1 is 1.36 bits per heavy atom. The number of hydrogen-bond donors (Lipinski definition) is 2. The lowest BCUT2D eigenvalue weighted by Gasteiger charge is -2.40. The van der Waals surface area contributed by atoms with Gasteiger partial charge in [0.2, 0.25) is 0 Å². The van der Waals surface area contributed by atoms with Crippen molar-refractivity contribution in [1.82, 2.24) is 5.32 Å². The van der Waals surface area contributed by atoms with Gasteiger partial charge in [0.05, 0.1) is 18.6 Å². The van der Waals surface area contributed by atoms with E-state index in [4.69, 9.17) is 4.74 Å². The number of methoxy groups -OCH3 is 1. The van der Waals surface area contributed by atoms with Gasteiger partial charge in [-0.1, -0.05) is 12.8 Å². The van der Waals surface area contributed by atoms with E-state index in [9.17, 15) is 14.7 Å². The molecule has 0 saturated heterocycles. The molecule has 2 atom stereocenters. The van der Waals surface area contributed by atoms with Crippen LogP contribution in [0, 0.1) is 12.8 Å². The third-order valence-electron chi connectivity index (χ3n) is 4.58. The molecule has 1 aromatic rings. The van der Waals surface area contributed by atoms with Crippen molar-refractivity contribution < 1.29 is 19.4 Å². The molecule has 22 heavy (non-hydrogen) atoms. The summed E-state index contributed by atoms with van der Waals surface area (Å²) >= 11 is 0. The summed E-state index contributed by atoms with van der Waals surface area (Å²) in [6, 6.07) is 5.25. The van der Waals surface area contributed by atoms with E-state index in [2.05, 4.69) is 5.32 Å². The monoisotopic (exact) mass is 305 g/mol. The minimum atomic E-state index is -0.839. The third-order valence-corrected chi connectivity index (χ3v) is 4.58. The van der Waals surface area contributed by atoms with Gasteiger partial charge < -0.3 is 15.2 Å². The molecule has 2 N–H and O–H groups in total. The van der Waals surface area contributed by atoms with E-state index < -0.39 is 17.4 Å². The Labute approximate surface area is 130 Å². The lowest BCUT2D eigenvalue weighted by Crippen LogP contribution is -2.55. The number of ether oxygens (including phenoxy) is 1. The Morgan fingerprint density at radius 3 is 2.68 bits per heavy atom. The molecule has 0 spiro atoms. The second kappa shape index (κ2) is 6.38. The highest BCUT2D eigenvalue weighted by molar-refractivity contribution is 5.96. The van der Waals surface area contributed by atoms with Crippen LogP contribution in [0.2, 0.25) is 0 Å². The Kier molecular flexibility index (Phi) is 4.74. The highest BCUT2D eigenvalue weighted by Gasteiger charge is 2.42. The Balaban J connectivity index is 2.21. The predicted molar refractivity (Wildman–Crippen MR) is 83.2 cm³/mol. The van der Waals surface area contributed by atoms with Gasteiger partial charge in [0.25, 0.3) is 5.91 Å². The smallest absolute Gasteiger partial charge is 0.308 e. The maximum absolute atomic E-state index is 12.6. The van der Waals surface area contributed by atoms with Gasteiger partial charge in [-0.25, -0.2) is 0 Å². The summed E-state index contributed by atoms with van der Waals surface area (Å²) in [6.45, 7) is 3.68. The summed E-state index contributed by atoms with van der Waals surface area (Å²) in [6.07, 6.45) is 3.12. The number of benzene rings is 1. The average molecular weight is 305 g/mol. The summed E-state index contributed by atoms with van der Waals surface area (Å²) in [7, 11) is 1.58. The number of carbonyl (C=O) groups is 2. The molecule has 5 heteroatoms. The number of rotatable bonds is 4. The maximum Gasteiger partial charge on any atom is 0.308 e. The SMILES string of the molecule is COc1ccc(C(=O)NC2(C)CCCCC2C(=O)O)c(C)c1. The molecule has 1 aliphatic carbocycles. The number of aryl methyl sites for hydroxylation is 1. The first-order chi connectivity index (χ1) is 10.4. The fourth-order valence-corrected chi connectivity index (χ4v) is 3.22. The minimum Gasteiger partial charge on any atom is -0.497 e. The second-order valence-electron chi connectivity index (χ2n) is 6.19. The minimum absolute atomic E-state index is 0.226. The second-order valence-corrected chi connectivity index (χ2v) is 6.19. The van der Waals surface area contributed by atoms with Crippen molar-refractivity contribution in [3.63, 3.8) is 0 Å². The van der Waals surface area contributed by atoms with Crippen LogP contribution in [-0.4, -0.2) is 29.6 Å². The zero-order valence-electron chi connectivity index (χ0n) is 13.3. The summed E-state index contributed by atoms with van der Waals surface area (Å²) in [4.78, 5) is 24.0. The number of nitrogens with one attached hydrogen (secondary N) is 1. The Morgan fingerprint density at radius 2 is 2.09 bits per heavy atom. The fraction of sp³-hybridized carbons (Fsp3) is 0.529. The molecule has 1 saturated carbocycles. The summed E-state index contributed by atoms with van der Waals surface area (Å²) in [5, 5.41) is 12.4. The van der Waals surface area contributed by atoms with Gasteiger partial charge in [-0.3, -0.25) is 9.59 Å². The van der Waals surface area contributed by atoms with E-state index in [1.165, 1.54) is 0 Å². The lowest BCUT2D eigenvalue weighted by atomic mass is 9.73. The predicted octanol–water partition coefficient (Wildman–Crippen LogP) is 2.77. The van der Waals surface area contributed by atoms with Crippen LogP contribution in [0.5, 0.6) is 5.75 Å². The lowest BCUT2D eigenvalue weighted by molar-refractivity contribution is -0.145. The van der Waals surface area contributed by atoms with Crippen LogP contribution in [0.3, 0.4) is 0 Å². The molecule has 2 unspecified atom stereocenters. The fourth-order valence-electron chi connectivity index (χ4n) is 3.22. The van der Waals surface area contributed by atoms with Crippen LogP contribution in [0.1, 0.15) is 48.5 Å². The standard InChI is InChI=1S/C17H23NO4/c1-11-10-12(22-3)7-8-13(11)15(19)18-17(2)9-5-4-6-14(17)16(20)21/h7-8,10,14H,4-6,9H2,1-3H3,(H,18,19)(H,20,21). The number of carbonyl (C=O) groups excluding carboxylic acids is 1. The molecular weight excluding hydrogens is 282 g/mol. The normalized spacial score (nSPS) is 24.6. The Bertz CT molecular complexity index is 584. The summed E-state index contributed by atoms with van der Waals surface area (Å²) in [5.74, 6) is -0.908. The van der Waals surface area contributed by atoms with Crippen LogP contribution in [-0.2, 0) is 4.79 Å². The number of carboxylic acids is 1. The number of aliphatic carboxylic acids is 1. The zero-order chi connectivity index (χ0) is 16.3. The van der Waals surface area contributed by atoms with E-state index in [1.54, 1.807) is 25.3 Å². The molecule has 0 radical (unpaired) electrons. The molecule has 5 nitrogen and oxygen atoms in total. The van der Waals surface area contributed by atoms with E-state index >= 15 is 0 Å². The Hall–Kier alpha value is -2.04. The molecular formula is C17H23NO4. The molecule has 0 bridgehead atoms. The number of carboxylic acid groups (broad SMARTS) is 1. The van der Waals surface area contributed by atoms with Crippen molar-refractivity contribution in [2.75, 3.05) is 7.11 Å². The van der Waals surface area contributed by atoms with Gasteiger partial charge in [-0.15, -0.1) is 0 Å². The van der Waals surface area contributed by atoms with Crippen LogP contribution >= 0.6 is 0 Å². The molecule has 1 amide bonds. The topological polar surface area (TPSA) is 75.6 Å². The first-order valence-corrected chi connectivity index (χ1v) is 7.57. The first-order valence-electron chi connectivity index (χ1n) is 7.57. The van der Waals surface area contributed by atoms with Gasteiger partial charge in [0.1, 0.15) is 5.75 Å². The molecule has 0 aliphatic heterocycles. The maximum atomic E-state index is 12.6. The largest absolute Gasteiger partial charge is 0.497 e. The molecule has 120 valence electrons. The average Bonchev–Trinajstić information content (AvgIpc) is 2.46.